The molecule has 208 valence electrons. The molecule has 0 atom stereocenters. The number of aliphatic imine (C=N–C) groups is 1. The molecule has 1 aliphatic rings. The first kappa shape index (κ1) is 28.8. The van der Waals surface area contributed by atoms with E-state index in [1.54, 1.807) is 6.92 Å². The molecule has 0 unspecified atom stereocenters. The molecule has 4 aromatic carbocycles. The largest absolute Gasteiger partial charge is 0.506 e. The van der Waals surface area contributed by atoms with Crippen LogP contribution >= 0.6 is 34.4 Å². The van der Waals surface area contributed by atoms with E-state index in [2.05, 4.69) is 51.8 Å². The summed E-state index contributed by atoms with van der Waals surface area (Å²) in [6, 6.07) is 27.5. The Morgan fingerprint density at radius 1 is 0.951 bits per heavy atom. The van der Waals surface area contributed by atoms with Crippen molar-refractivity contribution in [2.75, 3.05) is 13.2 Å². The number of thioether (sulfide) groups is 1. The lowest BCUT2D eigenvalue weighted by Crippen LogP contribution is -2.12. The molecule has 0 saturated heterocycles. The average Bonchev–Trinajstić information content (AvgIpc) is 3.27. The van der Waals surface area contributed by atoms with Crippen molar-refractivity contribution in [2.24, 2.45) is 4.99 Å². The third-order valence-electron chi connectivity index (χ3n) is 6.24. The maximum atomic E-state index is 12.8. The second-order valence-corrected chi connectivity index (χ2v) is 11.2. The molecular formula is C33H28INO5S. The first-order valence-corrected chi connectivity index (χ1v) is 15.1. The summed E-state index contributed by atoms with van der Waals surface area (Å²) in [6.45, 7) is 4.68. The van der Waals surface area contributed by atoms with Gasteiger partial charge in [0.2, 0.25) is 0 Å². The van der Waals surface area contributed by atoms with Crippen LogP contribution in [0.1, 0.15) is 25.0 Å². The fourth-order valence-electron chi connectivity index (χ4n) is 4.41. The fourth-order valence-corrected chi connectivity index (χ4v) is 6.22. The quantitative estimate of drug-likeness (QED) is 0.141. The van der Waals surface area contributed by atoms with Crippen LogP contribution in [-0.4, -0.2) is 29.3 Å². The van der Waals surface area contributed by atoms with Gasteiger partial charge in [-0.3, -0.25) is 0 Å². The van der Waals surface area contributed by atoms with Crippen molar-refractivity contribution < 1.29 is 24.1 Å². The third-order valence-corrected chi connectivity index (χ3v) is 8.06. The number of hydrogen-bond donors (Lipinski definition) is 1. The zero-order valence-electron chi connectivity index (χ0n) is 22.6. The Labute approximate surface area is 256 Å². The smallest absolute Gasteiger partial charge is 0.344 e. The Morgan fingerprint density at radius 3 is 2.49 bits per heavy atom. The van der Waals surface area contributed by atoms with Gasteiger partial charge in [0, 0.05) is 0 Å². The second kappa shape index (κ2) is 13.3. The average molecular weight is 678 g/mol. The molecule has 4 aromatic rings. The number of aliphatic hydroxyl groups is 1. The molecule has 0 fully saturated rings. The number of nitrogens with zero attached hydrogens (tertiary/aromatic N) is 1. The number of ether oxygens (including phenoxy) is 3. The van der Waals surface area contributed by atoms with Crippen molar-refractivity contribution in [1.29, 1.82) is 0 Å². The van der Waals surface area contributed by atoms with Gasteiger partial charge in [-0.25, -0.2) is 9.79 Å². The maximum Gasteiger partial charge on any atom is 0.344 e. The zero-order valence-corrected chi connectivity index (χ0v) is 25.6. The molecule has 8 heteroatoms. The molecular weight excluding hydrogens is 649 g/mol. The van der Waals surface area contributed by atoms with E-state index in [1.807, 2.05) is 73.7 Å². The topological polar surface area (TPSA) is 77.4 Å². The minimum atomic E-state index is -0.614. The first-order valence-electron chi connectivity index (χ1n) is 13.2. The van der Waals surface area contributed by atoms with Crippen molar-refractivity contribution in [3.8, 4) is 11.5 Å². The van der Waals surface area contributed by atoms with Gasteiger partial charge in [-0.15, -0.1) is 0 Å². The standard InChI is InChI=1S/C33H28INO5S/c1-3-38-27-18-21(17-26(34)31(27)40-20-23-13-10-12-22-11-8-9-16-25(22)23)19-28-30(36)29(33(37)39-4-2)32(41-28)35-24-14-6-5-7-15-24/h5-19,36H,3-4,20H2,1-2H3/b28-19-,35-32?. The van der Waals surface area contributed by atoms with Crippen LogP contribution in [0.4, 0.5) is 5.69 Å². The molecule has 0 radical (unpaired) electrons. The Bertz CT molecular complexity index is 1670. The third kappa shape index (κ3) is 6.60. The predicted molar refractivity (Wildman–Crippen MR) is 174 cm³/mol. The molecule has 0 amide bonds. The number of hydrogen-bond acceptors (Lipinski definition) is 7. The number of aliphatic hydroxyl groups excluding tert-OH is 1. The minimum absolute atomic E-state index is 0.0572. The van der Waals surface area contributed by atoms with E-state index in [1.165, 1.54) is 11.8 Å². The van der Waals surface area contributed by atoms with Crippen LogP contribution in [0.25, 0.3) is 16.8 Å². The molecule has 0 bridgehead atoms. The van der Waals surface area contributed by atoms with E-state index < -0.39 is 5.97 Å². The highest BCUT2D eigenvalue weighted by Crippen LogP contribution is 2.42. The van der Waals surface area contributed by atoms with Crippen LogP contribution in [0.15, 0.2) is 106 Å². The van der Waals surface area contributed by atoms with E-state index in [4.69, 9.17) is 14.2 Å². The Kier molecular flexibility index (Phi) is 9.31. The molecule has 0 aliphatic carbocycles. The van der Waals surface area contributed by atoms with Gasteiger partial charge in [-0.1, -0.05) is 72.4 Å². The fraction of sp³-hybridized carbons (Fsp3) is 0.152. The van der Waals surface area contributed by atoms with E-state index in [0.717, 1.165) is 25.5 Å². The van der Waals surface area contributed by atoms with Crippen LogP contribution in [0.2, 0.25) is 0 Å². The highest BCUT2D eigenvalue weighted by molar-refractivity contribution is 14.1. The number of carbonyl (C=O) groups is 1. The maximum absolute atomic E-state index is 12.8. The summed E-state index contributed by atoms with van der Waals surface area (Å²) in [5.41, 5.74) is 2.60. The van der Waals surface area contributed by atoms with Gasteiger partial charge >= 0.3 is 5.97 Å². The Balaban J connectivity index is 1.47. The van der Waals surface area contributed by atoms with Gasteiger partial charge in [0.1, 0.15) is 23.0 Å². The van der Waals surface area contributed by atoms with Gasteiger partial charge in [0.25, 0.3) is 0 Å². The lowest BCUT2D eigenvalue weighted by Gasteiger charge is -2.16. The van der Waals surface area contributed by atoms with Crippen LogP contribution in [0, 0.1) is 3.57 Å². The van der Waals surface area contributed by atoms with E-state index in [0.29, 0.717) is 40.3 Å². The minimum Gasteiger partial charge on any atom is -0.506 e. The van der Waals surface area contributed by atoms with Crippen LogP contribution < -0.4 is 9.47 Å². The van der Waals surface area contributed by atoms with Crippen molar-refractivity contribution in [1.82, 2.24) is 0 Å². The number of halogens is 1. The number of para-hydroxylation sites is 1. The normalized spacial score (nSPS) is 15.1. The van der Waals surface area contributed by atoms with E-state index >= 15 is 0 Å². The van der Waals surface area contributed by atoms with Gasteiger partial charge in [0.15, 0.2) is 11.5 Å². The monoisotopic (exact) mass is 677 g/mol. The molecule has 1 heterocycles. The Morgan fingerprint density at radius 2 is 1.71 bits per heavy atom. The second-order valence-electron chi connectivity index (χ2n) is 9.00. The lowest BCUT2D eigenvalue weighted by atomic mass is 10.1. The highest BCUT2D eigenvalue weighted by atomic mass is 127. The molecule has 41 heavy (non-hydrogen) atoms. The molecule has 1 aliphatic heterocycles. The predicted octanol–water partition coefficient (Wildman–Crippen LogP) is 8.62. The van der Waals surface area contributed by atoms with Gasteiger partial charge in [-0.05, 0) is 88.7 Å². The molecule has 0 aromatic heterocycles. The summed E-state index contributed by atoms with van der Waals surface area (Å²) in [5, 5.41) is 13.8. The summed E-state index contributed by atoms with van der Waals surface area (Å²) in [5.74, 6) is 0.478. The molecule has 1 N–H and O–H groups in total. The highest BCUT2D eigenvalue weighted by Gasteiger charge is 2.33. The number of esters is 1. The SMILES string of the molecule is CCOC(=O)C1=C(O)/C(=C/c2cc(I)c(OCc3cccc4ccccc34)c(OCC)c2)SC1=Nc1ccccc1. The number of carbonyl (C=O) groups excluding carboxylic acids is 1. The van der Waals surface area contributed by atoms with E-state index in [9.17, 15) is 9.90 Å². The van der Waals surface area contributed by atoms with Crippen molar-refractivity contribution in [2.45, 2.75) is 20.5 Å². The van der Waals surface area contributed by atoms with E-state index in [-0.39, 0.29) is 17.9 Å². The molecule has 5 rings (SSSR count). The molecule has 0 spiro atoms. The summed E-state index contributed by atoms with van der Waals surface area (Å²) >= 11 is 3.46. The number of rotatable bonds is 9. The van der Waals surface area contributed by atoms with Gasteiger partial charge < -0.3 is 19.3 Å². The summed E-state index contributed by atoms with van der Waals surface area (Å²) in [6.07, 6.45) is 1.81. The summed E-state index contributed by atoms with van der Waals surface area (Å²) in [7, 11) is 0. The number of benzene rings is 4. The summed E-state index contributed by atoms with van der Waals surface area (Å²) < 4.78 is 18.4. The van der Waals surface area contributed by atoms with Crippen molar-refractivity contribution in [3.05, 3.63) is 116 Å². The summed E-state index contributed by atoms with van der Waals surface area (Å²) in [4.78, 5) is 17.9. The van der Waals surface area contributed by atoms with Crippen LogP contribution in [0.3, 0.4) is 0 Å². The first-order chi connectivity index (χ1) is 20.0. The molecule has 6 nitrogen and oxygen atoms in total. The van der Waals surface area contributed by atoms with Crippen molar-refractivity contribution >= 4 is 67.9 Å². The zero-order chi connectivity index (χ0) is 28.8. The number of fused-ring (bicyclic) bond motifs is 1. The Hall–Kier alpha value is -3.76. The molecule has 0 saturated carbocycles. The van der Waals surface area contributed by atoms with Gasteiger partial charge in [-0.2, -0.15) is 0 Å². The van der Waals surface area contributed by atoms with Crippen molar-refractivity contribution in [3.63, 3.8) is 0 Å². The van der Waals surface area contributed by atoms with Gasteiger partial charge in [0.05, 0.1) is 27.4 Å². The van der Waals surface area contributed by atoms with Crippen LogP contribution in [-0.2, 0) is 16.1 Å². The lowest BCUT2D eigenvalue weighted by molar-refractivity contribution is -0.138. The van der Waals surface area contributed by atoms with Crippen LogP contribution in [0.5, 0.6) is 11.5 Å².